The molecule has 0 aromatic heterocycles. The third-order valence-electron chi connectivity index (χ3n) is 4.32. The van der Waals surface area contributed by atoms with Crippen molar-refractivity contribution in [2.75, 3.05) is 33.3 Å². The summed E-state index contributed by atoms with van der Waals surface area (Å²) in [5, 5.41) is 0. The van der Waals surface area contributed by atoms with Crippen LogP contribution >= 0.6 is 0 Å². The molecule has 0 unspecified atom stereocenters. The van der Waals surface area contributed by atoms with Gasteiger partial charge in [-0.25, -0.2) is 17.5 Å². The molecule has 2 atom stereocenters. The molecule has 0 saturated carbocycles. The number of halogens is 1. The lowest BCUT2D eigenvalue weighted by atomic mass is 9.92. The third kappa shape index (κ3) is 5.16. The zero-order chi connectivity index (χ0) is 17.7. The fraction of sp³-hybridized carbons (Fsp3) is 0.647. The Bertz CT molecular complexity index is 641. The van der Waals surface area contributed by atoms with E-state index in [0.29, 0.717) is 18.4 Å². The molecule has 0 amide bonds. The van der Waals surface area contributed by atoms with E-state index >= 15 is 0 Å². The van der Waals surface area contributed by atoms with E-state index in [-0.39, 0.29) is 10.6 Å². The van der Waals surface area contributed by atoms with Gasteiger partial charge < -0.3 is 9.64 Å². The van der Waals surface area contributed by atoms with Crippen molar-refractivity contribution in [2.45, 2.75) is 31.6 Å². The highest BCUT2D eigenvalue weighted by molar-refractivity contribution is 7.89. The Balaban J connectivity index is 1.83. The van der Waals surface area contributed by atoms with Crippen molar-refractivity contribution < 1.29 is 17.5 Å². The molecule has 1 fully saturated rings. The summed E-state index contributed by atoms with van der Waals surface area (Å²) in [6.45, 7) is 7.86. The second kappa shape index (κ2) is 8.27. The smallest absolute Gasteiger partial charge is 0.240 e. The highest BCUT2D eigenvalue weighted by Gasteiger charge is 2.21. The molecule has 1 heterocycles. The standard InChI is InChI=1S/C17H27FN2O3S/c1-13-9-14(2)12-20(11-13)8-4-7-19-24(21,22)15-5-6-17(23-3)16(18)10-15/h5-6,10,13-14,19H,4,7-9,11-12H2,1-3H3/t13-,14-/m0/s1. The molecule has 1 aromatic rings. The fourth-order valence-electron chi connectivity index (χ4n) is 3.38. The van der Waals surface area contributed by atoms with Crippen LogP contribution in [0.25, 0.3) is 0 Å². The fourth-order valence-corrected chi connectivity index (χ4v) is 4.47. The minimum absolute atomic E-state index is 0.0299. The van der Waals surface area contributed by atoms with Crippen LogP contribution in [0.2, 0.25) is 0 Å². The van der Waals surface area contributed by atoms with E-state index in [0.717, 1.165) is 32.1 Å². The summed E-state index contributed by atoms with van der Waals surface area (Å²) >= 11 is 0. The molecule has 0 bridgehead atoms. The van der Waals surface area contributed by atoms with E-state index in [1.807, 2.05) is 0 Å². The number of hydrogen-bond acceptors (Lipinski definition) is 4. The minimum atomic E-state index is -3.70. The molecule has 0 spiro atoms. The molecule has 5 nitrogen and oxygen atoms in total. The molecule has 24 heavy (non-hydrogen) atoms. The SMILES string of the molecule is COc1ccc(S(=O)(=O)NCCCN2C[C@@H](C)C[C@H](C)C2)cc1F. The summed E-state index contributed by atoms with van der Waals surface area (Å²) in [5.41, 5.74) is 0. The van der Waals surface area contributed by atoms with E-state index < -0.39 is 15.8 Å². The molecular formula is C17H27FN2O3S. The first kappa shape index (κ1) is 19.1. The molecule has 136 valence electrons. The van der Waals surface area contributed by atoms with Crippen molar-refractivity contribution in [2.24, 2.45) is 11.8 Å². The largest absolute Gasteiger partial charge is 0.494 e. The average Bonchev–Trinajstić information content (AvgIpc) is 2.50. The predicted octanol–water partition coefficient (Wildman–Crippen LogP) is 2.48. The minimum Gasteiger partial charge on any atom is -0.494 e. The summed E-state index contributed by atoms with van der Waals surface area (Å²) in [4.78, 5) is 2.31. The van der Waals surface area contributed by atoms with Crippen LogP contribution in [0.4, 0.5) is 4.39 Å². The Kier molecular flexibility index (Phi) is 6.60. The number of sulfonamides is 1. The summed E-state index contributed by atoms with van der Waals surface area (Å²) in [6, 6.07) is 3.65. The summed E-state index contributed by atoms with van der Waals surface area (Å²) in [7, 11) is -2.36. The first-order valence-corrected chi connectivity index (χ1v) is 9.85. The van der Waals surface area contributed by atoms with Gasteiger partial charge in [0.2, 0.25) is 10.0 Å². The number of likely N-dealkylation sites (tertiary alicyclic amines) is 1. The Labute approximate surface area is 144 Å². The number of methoxy groups -OCH3 is 1. The van der Waals surface area contributed by atoms with Gasteiger partial charge >= 0.3 is 0 Å². The van der Waals surface area contributed by atoms with Crippen LogP contribution in [-0.2, 0) is 10.0 Å². The van der Waals surface area contributed by atoms with Crippen LogP contribution < -0.4 is 9.46 Å². The first-order valence-electron chi connectivity index (χ1n) is 8.37. The number of rotatable bonds is 7. The monoisotopic (exact) mass is 358 g/mol. The summed E-state index contributed by atoms with van der Waals surface area (Å²) < 4.78 is 45.4. The van der Waals surface area contributed by atoms with Gasteiger partial charge in [0.25, 0.3) is 0 Å². The van der Waals surface area contributed by atoms with Crippen LogP contribution in [-0.4, -0.2) is 46.6 Å². The van der Waals surface area contributed by atoms with Crippen molar-refractivity contribution in [3.8, 4) is 5.75 Å². The van der Waals surface area contributed by atoms with Crippen LogP contribution in [0, 0.1) is 17.7 Å². The average molecular weight is 358 g/mol. The number of piperidine rings is 1. The van der Waals surface area contributed by atoms with Crippen molar-refractivity contribution in [3.63, 3.8) is 0 Å². The molecule has 7 heteroatoms. The quantitative estimate of drug-likeness (QED) is 0.761. The number of nitrogens with zero attached hydrogens (tertiary/aromatic N) is 1. The van der Waals surface area contributed by atoms with E-state index in [4.69, 9.17) is 4.74 Å². The van der Waals surface area contributed by atoms with Crippen molar-refractivity contribution in [1.29, 1.82) is 0 Å². The lowest BCUT2D eigenvalue weighted by Crippen LogP contribution is -2.40. The number of hydrogen-bond donors (Lipinski definition) is 1. The Hall–Kier alpha value is -1.18. The van der Waals surface area contributed by atoms with Gasteiger partial charge in [-0.2, -0.15) is 0 Å². The second-order valence-electron chi connectivity index (χ2n) is 6.75. The molecule has 1 N–H and O–H groups in total. The zero-order valence-corrected chi connectivity index (χ0v) is 15.4. The maximum Gasteiger partial charge on any atom is 0.240 e. The molecule has 1 aliphatic rings. The van der Waals surface area contributed by atoms with Crippen LogP contribution in [0.1, 0.15) is 26.7 Å². The maximum atomic E-state index is 13.7. The Morgan fingerprint density at radius 1 is 1.29 bits per heavy atom. The molecular weight excluding hydrogens is 331 g/mol. The van der Waals surface area contributed by atoms with Crippen LogP contribution in [0.3, 0.4) is 0 Å². The first-order chi connectivity index (χ1) is 11.3. The van der Waals surface area contributed by atoms with Gasteiger partial charge in [0, 0.05) is 19.6 Å². The van der Waals surface area contributed by atoms with E-state index in [1.165, 1.54) is 25.7 Å². The Morgan fingerprint density at radius 2 is 1.96 bits per heavy atom. The molecule has 0 aliphatic carbocycles. The zero-order valence-electron chi connectivity index (χ0n) is 14.6. The number of nitrogens with one attached hydrogen (secondary N) is 1. The summed E-state index contributed by atoms with van der Waals surface area (Å²) in [6.07, 6.45) is 1.99. The van der Waals surface area contributed by atoms with E-state index in [2.05, 4.69) is 23.5 Å². The lowest BCUT2D eigenvalue weighted by molar-refractivity contribution is 0.140. The van der Waals surface area contributed by atoms with E-state index in [9.17, 15) is 12.8 Å². The molecule has 2 rings (SSSR count). The van der Waals surface area contributed by atoms with E-state index in [1.54, 1.807) is 0 Å². The van der Waals surface area contributed by atoms with Gasteiger partial charge in [0.05, 0.1) is 12.0 Å². The highest BCUT2D eigenvalue weighted by atomic mass is 32.2. The molecule has 1 saturated heterocycles. The summed E-state index contributed by atoms with van der Waals surface area (Å²) in [5.74, 6) is 0.722. The van der Waals surface area contributed by atoms with Crippen LogP contribution in [0.5, 0.6) is 5.75 Å². The van der Waals surface area contributed by atoms with Crippen molar-refractivity contribution in [1.82, 2.24) is 9.62 Å². The van der Waals surface area contributed by atoms with Gasteiger partial charge in [0.15, 0.2) is 11.6 Å². The molecule has 1 aromatic carbocycles. The number of benzene rings is 1. The van der Waals surface area contributed by atoms with Gasteiger partial charge in [-0.05, 0) is 49.4 Å². The Morgan fingerprint density at radius 3 is 2.54 bits per heavy atom. The topological polar surface area (TPSA) is 58.6 Å². The predicted molar refractivity (Wildman–Crippen MR) is 92.1 cm³/mol. The van der Waals surface area contributed by atoms with Gasteiger partial charge in [-0.1, -0.05) is 13.8 Å². The number of ether oxygens (including phenoxy) is 1. The van der Waals surface area contributed by atoms with Gasteiger partial charge in [-0.3, -0.25) is 0 Å². The highest BCUT2D eigenvalue weighted by Crippen LogP contribution is 2.21. The molecule has 0 radical (unpaired) electrons. The van der Waals surface area contributed by atoms with Crippen molar-refractivity contribution in [3.05, 3.63) is 24.0 Å². The maximum absolute atomic E-state index is 13.7. The second-order valence-corrected chi connectivity index (χ2v) is 8.52. The molecule has 1 aliphatic heterocycles. The lowest BCUT2D eigenvalue weighted by Gasteiger charge is -2.34. The normalized spacial score (nSPS) is 22.5. The van der Waals surface area contributed by atoms with Crippen LogP contribution in [0.15, 0.2) is 23.1 Å². The third-order valence-corrected chi connectivity index (χ3v) is 5.78. The van der Waals surface area contributed by atoms with Gasteiger partial charge in [0.1, 0.15) is 0 Å². The van der Waals surface area contributed by atoms with Gasteiger partial charge in [-0.15, -0.1) is 0 Å². The van der Waals surface area contributed by atoms with Crippen molar-refractivity contribution >= 4 is 10.0 Å².